The van der Waals surface area contributed by atoms with Gasteiger partial charge in [0.2, 0.25) is 0 Å². The molecule has 0 amide bonds. The first-order chi connectivity index (χ1) is 7.00. The van der Waals surface area contributed by atoms with E-state index in [2.05, 4.69) is 0 Å². The number of likely N-dealkylation sites (tertiary alicyclic amines) is 1. The Morgan fingerprint density at radius 2 is 2.07 bits per heavy atom. The van der Waals surface area contributed by atoms with Gasteiger partial charge in [0.05, 0.1) is 11.9 Å². The molecule has 0 radical (unpaired) electrons. The van der Waals surface area contributed by atoms with Gasteiger partial charge >= 0.3 is 5.97 Å². The Morgan fingerprint density at radius 1 is 1.40 bits per heavy atom. The van der Waals surface area contributed by atoms with E-state index in [1.807, 2.05) is 0 Å². The van der Waals surface area contributed by atoms with E-state index >= 15 is 0 Å². The molecule has 6 nitrogen and oxygen atoms in total. The number of β-amino-alcohol motifs (C(OH)–C–C–N with tert-alkyl or cyclic N) is 1. The maximum Gasteiger partial charge on any atom is 0.351 e. The normalized spacial score (nSPS) is 23.3. The summed E-state index contributed by atoms with van der Waals surface area (Å²) in [6.07, 6.45) is 2.98. The van der Waals surface area contributed by atoms with Crippen molar-refractivity contribution in [3.8, 4) is 0 Å². The lowest BCUT2D eigenvalue weighted by molar-refractivity contribution is -0.132. The number of carboxylic acids is 1. The Hall–Kier alpha value is -1.69. The van der Waals surface area contributed by atoms with Crippen LogP contribution in [0.15, 0.2) is 23.7 Å². The number of nitrogens with two attached hydrogens (primary N) is 2. The highest BCUT2D eigenvalue weighted by Gasteiger charge is 2.20. The zero-order valence-corrected chi connectivity index (χ0v) is 8.26. The molecule has 1 fully saturated rings. The van der Waals surface area contributed by atoms with E-state index in [9.17, 15) is 9.90 Å². The topological polar surface area (TPSA) is 113 Å². The Balaban J connectivity index is 2.60. The van der Waals surface area contributed by atoms with E-state index in [-0.39, 0.29) is 11.8 Å². The van der Waals surface area contributed by atoms with Crippen LogP contribution in [0.25, 0.3) is 0 Å². The quantitative estimate of drug-likeness (QED) is 0.345. The second-order valence-electron chi connectivity index (χ2n) is 3.41. The van der Waals surface area contributed by atoms with E-state index < -0.39 is 5.97 Å². The minimum Gasteiger partial charge on any atom is -0.477 e. The number of hydrogen-bond acceptors (Lipinski definition) is 5. The maximum atomic E-state index is 10.4. The van der Waals surface area contributed by atoms with E-state index in [0.717, 1.165) is 0 Å². The van der Waals surface area contributed by atoms with Crippen LogP contribution in [0, 0.1) is 0 Å². The number of carboxylic acid groups (broad SMARTS) is 1. The number of carbonyl (C=O) groups is 1. The van der Waals surface area contributed by atoms with Gasteiger partial charge in [-0.15, -0.1) is 0 Å². The summed E-state index contributed by atoms with van der Waals surface area (Å²) < 4.78 is 0. The molecule has 1 heterocycles. The van der Waals surface area contributed by atoms with Crippen molar-refractivity contribution in [3.63, 3.8) is 0 Å². The number of rotatable bonds is 3. The van der Waals surface area contributed by atoms with Crippen LogP contribution in [0.4, 0.5) is 0 Å². The molecule has 15 heavy (non-hydrogen) atoms. The molecule has 0 aromatic heterocycles. The summed E-state index contributed by atoms with van der Waals surface area (Å²) in [5, 5.41) is 17.7. The molecule has 1 rings (SSSR count). The van der Waals surface area contributed by atoms with Crippen LogP contribution in [-0.4, -0.2) is 40.3 Å². The molecule has 0 aromatic rings. The van der Waals surface area contributed by atoms with Crippen molar-refractivity contribution >= 4 is 5.97 Å². The molecule has 0 saturated carbocycles. The third-order valence-corrected chi connectivity index (χ3v) is 2.21. The number of nitrogens with zero attached hydrogens (tertiary/aromatic N) is 1. The van der Waals surface area contributed by atoms with Gasteiger partial charge in [-0.2, -0.15) is 0 Å². The fraction of sp³-hybridized carbons (Fsp3) is 0.444. The minimum atomic E-state index is -1.18. The van der Waals surface area contributed by atoms with Crippen LogP contribution in [0.2, 0.25) is 0 Å². The molecular weight excluding hydrogens is 198 g/mol. The number of aliphatic carboxylic acids is 1. The van der Waals surface area contributed by atoms with Crippen LogP contribution in [0.3, 0.4) is 0 Å². The Kier molecular flexibility index (Phi) is 3.56. The van der Waals surface area contributed by atoms with Gasteiger partial charge in [-0.1, -0.05) is 0 Å². The average Bonchev–Trinajstić information content (AvgIpc) is 2.60. The number of hydrogen-bond donors (Lipinski definition) is 4. The molecule has 0 aromatic carbocycles. The summed E-state index contributed by atoms with van der Waals surface area (Å²) in [5.74, 6) is -0.767. The van der Waals surface area contributed by atoms with Crippen LogP contribution < -0.4 is 11.5 Å². The van der Waals surface area contributed by atoms with Crippen LogP contribution in [0.1, 0.15) is 6.42 Å². The van der Waals surface area contributed by atoms with Gasteiger partial charge < -0.3 is 26.6 Å². The van der Waals surface area contributed by atoms with Gasteiger partial charge in [0.25, 0.3) is 0 Å². The smallest absolute Gasteiger partial charge is 0.351 e. The van der Waals surface area contributed by atoms with Crippen molar-refractivity contribution in [3.05, 3.63) is 23.7 Å². The van der Waals surface area contributed by atoms with Crippen molar-refractivity contribution in [1.29, 1.82) is 0 Å². The van der Waals surface area contributed by atoms with Crippen molar-refractivity contribution < 1.29 is 15.0 Å². The molecule has 1 aliphatic heterocycles. The predicted molar refractivity (Wildman–Crippen MR) is 54.4 cm³/mol. The van der Waals surface area contributed by atoms with Gasteiger partial charge in [-0.05, 0) is 18.6 Å². The largest absolute Gasteiger partial charge is 0.477 e. The number of aliphatic hydroxyl groups excluding tert-OH is 1. The van der Waals surface area contributed by atoms with Crippen molar-refractivity contribution in [2.24, 2.45) is 11.5 Å². The maximum absolute atomic E-state index is 10.4. The molecule has 1 aliphatic rings. The molecule has 1 saturated heterocycles. The molecule has 0 bridgehead atoms. The zero-order valence-electron chi connectivity index (χ0n) is 8.26. The lowest BCUT2D eigenvalue weighted by Gasteiger charge is -2.16. The standard InChI is InChI=1S/C9H15N3O3/c10-7(9(14)15)1-2-8(11)12-4-3-6(13)5-12/h1-2,6,13H,3-5,10-11H2,(H,14,15)/b7-1-,8-2+. The van der Waals surface area contributed by atoms with Crippen molar-refractivity contribution in [2.45, 2.75) is 12.5 Å². The summed E-state index contributed by atoms with van der Waals surface area (Å²) >= 11 is 0. The minimum absolute atomic E-state index is 0.266. The molecular formula is C9H15N3O3. The van der Waals surface area contributed by atoms with Gasteiger partial charge in [-0.3, -0.25) is 0 Å². The van der Waals surface area contributed by atoms with E-state index in [0.29, 0.717) is 25.3 Å². The second-order valence-corrected chi connectivity index (χ2v) is 3.41. The van der Waals surface area contributed by atoms with Crippen molar-refractivity contribution in [1.82, 2.24) is 4.90 Å². The molecule has 84 valence electrons. The average molecular weight is 213 g/mol. The fourth-order valence-corrected chi connectivity index (χ4v) is 1.33. The highest BCUT2D eigenvalue weighted by atomic mass is 16.4. The van der Waals surface area contributed by atoms with E-state index in [1.165, 1.54) is 12.2 Å². The van der Waals surface area contributed by atoms with E-state index in [4.69, 9.17) is 16.6 Å². The lowest BCUT2D eigenvalue weighted by atomic mass is 10.3. The van der Waals surface area contributed by atoms with E-state index in [1.54, 1.807) is 4.90 Å². The van der Waals surface area contributed by atoms with Crippen LogP contribution >= 0.6 is 0 Å². The third-order valence-electron chi connectivity index (χ3n) is 2.21. The summed E-state index contributed by atoms with van der Waals surface area (Å²) in [5.41, 5.74) is 10.6. The summed E-state index contributed by atoms with van der Waals surface area (Å²) in [6.45, 7) is 1.15. The summed E-state index contributed by atoms with van der Waals surface area (Å²) in [4.78, 5) is 12.1. The molecule has 6 N–H and O–H groups in total. The zero-order chi connectivity index (χ0) is 11.4. The van der Waals surface area contributed by atoms with Gasteiger partial charge in [-0.25, -0.2) is 4.79 Å². The number of allylic oxidation sites excluding steroid dienone is 2. The third kappa shape index (κ3) is 3.17. The lowest BCUT2D eigenvalue weighted by Crippen LogP contribution is -2.26. The van der Waals surface area contributed by atoms with Crippen LogP contribution in [-0.2, 0) is 4.79 Å². The molecule has 0 aliphatic carbocycles. The fourth-order valence-electron chi connectivity index (χ4n) is 1.33. The Morgan fingerprint density at radius 3 is 2.53 bits per heavy atom. The van der Waals surface area contributed by atoms with Crippen LogP contribution in [0.5, 0.6) is 0 Å². The first-order valence-electron chi connectivity index (χ1n) is 4.60. The summed E-state index contributed by atoms with van der Waals surface area (Å²) in [6, 6.07) is 0. The van der Waals surface area contributed by atoms with Crippen molar-refractivity contribution in [2.75, 3.05) is 13.1 Å². The number of aliphatic hydroxyl groups is 1. The SMILES string of the molecule is N/C(=C\C=C(/N)N1CCC(O)C1)C(=O)O. The van der Waals surface area contributed by atoms with Gasteiger partial charge in [0.1, 0.15) is 5.70 Å². The molecule has 0 spiro atoms. The Bertz CT molecular complexity index is 312. The van der Waals surface area contributed by atoms with Gasteiger partial charge in [0, 0.05) is 13.1 Å². The monoisotopic (exact) mass is 213 g/mol. The molecule has 1 unspecified atom stereocenters. The predicted octanol–water partition coefficient (Wildman–Crippen LogP) is -1.22. The second kappa shape index (κ2) is 4.70. The highest BCUT2D eigenvalue weighted by Crippen LogP contribution is 2.11. The first-order valence-corrected chi connectivity index (χ1v) is 4.60. The Labute approximate surface area is 87.5 Å². The first kappa shape index (κ1) is 11.4. The summed E-state index contributed by atoms with van der Waals surface area (Å²) in [7, 11) is 0. The molecule has 6 heteroatoms. The van der Waals surface area contributed by atoms with Gasteiger partial charge in [0.15, 0.2) is 0 Å². The molecule has 1 atom stereocenters. The highest BCUT2D eigenvalue weighted by molar-refractivity contribution is 5.85.